The van der Waals surface area contributed by atoms with Crippen LogP contribution in [0.1, 0.15) is 37.4 Å². The Balaban J connectivity index is 2.05. The molecule has 2 rings (SSSR count). The first-order valence-corrected chi connectivity index (χ1v) is 7.47. The van der Waals surface area contributed by atoms with Gasteiger partial charge in [0.05, 0.1) is 12.2 Å². The number of aryl methyl sites for hydroxylation is 1. The monoisotopic (exact) mass is 319 g/mol. The Labute approximate surface area is 135 Å². The van der Waals surface area contributed by atoms with Crippen molar-refractivity contribution in [2.45, 2.75) is 32.0 Å². The lowest BCUT2D eigenvalue weighted by atomic mass is 10.0. The average molecular weight is 319 g/mol. The number of alkyl halides is 1. The van der Waals surface area contributed by atoms with E-state index in [0.29, 0.717) is 0 Å². The smallest absolute Gasteiger partial charge is 0.315 e. The first-order valence-electron chi connectivity index (χ1n) is 7.47. The van der Waals surface area contributed by atoms with Gasteiger partial charge in [0, 0.05) is 37.7 Å². The minimum absolute atomic E-state index is 0.255. The van der Waals surface area contributed by atoms with Crippen LogP contribution in [0.5, 0.6) is 0 Å². The van der Waals surface area contributed by atoms with Crippen LogP contribution in [-0.4, -0.2) is 33.0 Å². The van der Waals surface area contributed by atoms with Crippen molar-refractivity contribution >= 4 is 6.03 Å². The molecule has 23 heavy (non-hydrogen) atoms. The Morgan fingerprint density at radius 1 is 1.39 bits per heavy atom. The van der Waals surface area contributed by atoms with E-state index in [1.54, 1.807) is 23.3 Å². The SMILES string of the molecule is Cn1cc(C(NC(=O)NCCC(C)(C)F)c2cccnc2)cn1. The summed E-state index contributed by atoms with van der Waals surface area (Å²) in [5.74, 6) is 0. The second-order valence-electron chi connectivity index (χ2n) is 6.04. The molecule has 1 atom stereocenters. The molecule has 0 fully saturated rings. The number of hydrogen-bond donors (Lipinski definition) is 2. The molecule has 0 saturated heterocycles. The highest BCUT2D eigenvalue weighted by Crippen LogP contribution is 2.20. The molecule has 0 bridgehead atoms. The van der Waals surface area contributed by atoms with Crippen molar-refractivity contribution in [3.8, 4) is 0 Å². The minimum atomic E-state index is -1.31. The quantitative estimate of drug-likeness (QED) is 0.858. The van der Waals surface area contributed by atoms with Crippen molar-refractivity contribution in [2.24, 2.45) is 7.05 Å². The maximum absolute atomic E-state index is 13.4. The van der Waals surface area contributed by atoms with E-state index < -0.39 is 5.67 Å². The number of hydrogen-bond acceptors (Lipinski definition) is 3. The summed E-state index contributed by atoms with van der Waals surface area (Å²) in [5.41, 5.74) is 0.391. The van der Waals surface area contributed by atoms with Crippen molar-refractivity contribution < 1.29 is 9.18 Å². The van der Waals surface area contributed by atoms with E-state index in [9.17, 15) is 9.18 Å². The highest BCUT2D eigenvalue weighted by atomic mass is 19.1. The standard InChI is InChI=1S/C16H22FN5O/c1-16(2,17)6-8-19-15(23)21-14(12-5-4-7-18-9-12)13-10-20-22(3)11-13/h4-5,7,9-11,14H,6,8H2,1-3H3,(H2,19,21,23). The molecule has 2 aromatic rings. The molecule has 7 heteroatoms. The first kappa shape index (κ1) is 16.9. The maximum Gasteiger partial charge on any atom is 0.315 e. The van der Waals surface area contributed by atoms with E-state index in [2.05, 4.69) is 20.7 Å². The van der Waals surface area contributed by atoms with Crippen LogP contribution in [0.3, 0.4) is 0 Å². The number of carbonyl (C=O) groups is 1. The van der Waals surface area contributed by atoms with E-state index >= 15 is 0 Å². The topological polar surface area (TPSA) is 71.8 Å². The number of nitrogens with one attached hydrogen (secondary N) is 2. The number of halogens is 1. The van der Waals surface area contributed by atoms with Gasteiger partial charge in [-0.05, 0) is 31.9 Å². The number of nitrogens with zero attached hydrogens (tertiary/aromatic N) is 3. The van der Waals surface area contributed by atoms with E-state index in [-0.39, 0.29) is 25.0 Å². The zero-order valence-electron chi connectivity index (χ0n) is 13.6. The molecule has 0 aliphatic carbocycles. The number of aromatic nitrogens is 3. The van der Waals surface area contributed by atoms with Gasteiger partial charge in [-0.1, -0.05) is 6.07 Å². The molecule has 2 aromatic heterocycles. The van der Waals surface area contributed by atoms with Crippen LogP contribution in [0.2, 0.25) is 0 Å². The Bertz CT molecular complexity index is 635. The van der Waals surface area contributed by atoms with Crippen LogP contribution in [0.15, 0.2) is 36.9 Å². The molecular formula is C16H22FN5O. The van der Waals surface area contributed by atoms with Gasteiger partial charge < -0.3 is 10.6 Å². The third-order valence-electron chi connectivity index (χ3n) is 3.36. The Morgan fingerprint density at radius 3 is 2.74 bits per heavy atom. The summed E-state index contributed by atoms with van der Waals surface area (Å²) in [6.45, 7) is 3.24. The largest absolute Gasteiger partial charge is 0.338 e. The molecule has 2 heterocycles. The van der Waals surface area contributed by atoms with E-state index in [0.717, 1.165) is 11.1 Å². The zero-order chi connectivity index (χ0) is 16.9. The van der Waals surface area contributed by atoms with Crippen LogP contribution in [0, 0.1) is 0 Å². The summed E-state index contributed by atoms with van der Waals surface area (Å²) in [6, 6.07) is 2.97. The fraction of sp³-hybridized carbons (Fsp3) is 0.438. The van der Waals surface area contributed by atoms with Crippen LogP contribution < -0.4 is 10.6 Å². The lowest BCUT2D eigenvalue weighted by Gasteiger charge is -2.19. The predicted molar refractivity (Wildman–Crippen MR) is 85.6 cm³/mol. The van der Waals surface area contributed by atoms with Gasteiger partial charge in [-0.15, -0.1) is 0 Å². The normalized spacial score (nSPS) is 12.7. The van der Waals surface area contributed by atoms with Gasteiger partial charge in [-0.3, -0.25) is 9.67 Å². The van der Waals surface area contributed by atoms with Crippen LogP contribution in [0.25, 0.3) is 0 Å². The Morgan fingerprint density at radius 2 is 2.17 bits per heavy atom. The molecule has 2 N–H and O–H groups in total. The van der Waals surface area contributed by atoms with Gasteiger partial charge in [-0.2, -0.15) is 5.10 Å². The van der Waals surface area contributed by atoms with Crippen molar-refractivity contribution in [3.05, 3.63) is 48.0 Å². The first-order chi connectivity index (χ1) is 10.8. The molecule has 0 aliphatic heterocycles. The molecule has 0 aromatic carbocycles. The lowest BCUT2D eigenvalue weighted by Crippen LogP contribution is -2.39. The van der Waals surface area contributed by atoms with Gasteiger partial charge in [0.15, 0.2) is 0 Å². The average Bonchev–Trinajstić information content (AvgIpc) is 2.90. The van der Waals surface area contributed by atoms with E-state index in [1.807, 2.05) is 25.4 Å². The fourth-order valence-electron chi connectivity index (χ4n) is 2.15. The molecule has 0 aliphatic rings. The second-order valence-corrected chi connectivity index (χ2v) is 6.04. The van der Waals surface area contributed by atoms with Crippen LogP contribution in [-0.2, 0) is 7.05 Å². The van der Waals surface area contributed by atoms with Crippen LogP contribution >= 0.6 is 0 Å². The van der Waals surface area contributed by atoms with Crippen LogP contribution in [0.4, 0.5) is 9.18 Å². The predicted octanol–water partition coefficient (Wildman–Crippen LogP) is 2.34. The Hall–Kier alpha value is -2.44. The molecule has 124 valence electrons. The van der Waals surface area contributed by atoms with Crippen molar-refractivity contribution in [2.75, 3.05) is 6.54 Å². The van der Waals surface area contributed by atoms with Gasteiger partial charge >= 0.3 is 6.03 Å². The summed E-state index contributed by atoms with van der Waals surface area (Å²) in [5, 5.41) is 9.70. The summed E-state index contributed by atoms with van der Waals surface area (Å²) >= 11 is 0. The van der Waals surface area contributed by atoms with Crippen molar-refractivity contribution in [1.29, 1.82) is 0 Å². The zero-order valence-corrected chi connectivity index (χ0v) is 13.6. The van der Waals surface area contributed by atoms with Gasteiger partial charge in [0.25, 0.3) is 0 Å². The second kappa shape index (κ2) is 7.21. The number of amides is 2. The third kappa shape index (κ3) is 5.36. The highest BCUT2D eigenvalue weighted by Gasteiger charge is 2.19. The summed E-state index contributed by atoms with van der Waals surface area (Å²) in [6.07, 6.45) is 7.16. The molecule has 1 unspecified atom stereocenters. The van der Waals surface area contributed by atoms with Crippen molar-refractivity contribution in [1.82, 2.24) is 25.4 Å². The summed E-state index contributed by atoms with van der Waals surface area (Å²) < 4.78 is 15.1. The highest BCUT2D eigenvalue weighted by molar-refractivity contribution is 5.75. The van der Waals surface area contributed by atoms with Gasteiger partial charge in [-0.25, -0.2) is 9.18 Å². The minimum Gasteiger partial charge on any atom is -0.338 e. The molecule has 0 saturated carbocycles. The number of urea groups is 1. The molecule has 6 nitrogen and oxygen atoms in total. The molecule has 2 amide bonds. The molecule has 0 radical (unpaired) electrons. The van der Waals surface area contributed by atoms with E-state index in [1.165, 1.54) is 13.8 Å². The summed E-state index contributed by atoms with van der Waals surface area (Å²) in [4.78, 5) is 16.2. The number of pyridine rings is 1. The fourth-order valence-corrected chi connectivity index (χ4v) is 2.15. The summed E-state index contributed by atoms with van der Waals surface area (Å²) in [7, 11) is 1.81. The lowest BCUT2D eigenvalue weighted by molar-refractivity contribution is 0.198. The molecule has 0 spiro atoms. The number of carbonyl (C=O) groups excluding carboxylic acids is 1. The maximum atomic E-state index is 13.4. The Kier molecular flexibility index (Phi) is 5.31. The number of rotatable bonds is 6. The molecular weight excluding hydrogens is 297 g/mol. The van der Waals surface area contributed by atoms with Crippen molar-refractivity contribution in [3.63, 3.8) is 0 Å². The van der Waals surface area contributed by atoms with E-state index in [4.69, 9.17) is 0 Å². The third-order valence-corrected chi connectivity index (χ3v) is 3.36. The van der Waals surface area contributed by atoms with Gasteiger partial charge in [0.1, 0.15) is 5.67 Å². The van der Waals surface area contributed by atoms with Gasteiger partial charge in [0.2, 0.25) is 0 Å².